The van der Waals surface area contributed by atoms with Crippen LogP contribution < -0.4 is 60.3 Å². The Labute approximate surface area is 705 Å². The largest absolute Gasteiger partial charge is 0.497 e. The van der Waals surface area contributed by atoms with E-state index in [1.807, 2.05) is 208 Å². The van der Waals surface area contributed by atoms with Crippen LogP contribution in [0, 0.1) is 26.6 Å². The number of rotatable bonds is 28. The molecule has 0 spiro atoms. The van der Waals surface area contributed by atoms with Crippen molar-refractivity contribution in [3.05, 3.63) is 316 Å². The number of nitrogens with zero attached hydrogens (tertiary/aromatic N) is 6. The number of hydrogen-bond acceptors (Lipinski definition) is 17. The van der Waals surface area contributed by atoms with E-state index in [4.69, 9.17) is 63.2 Å². The van der Waals surface area contributed by atoms with Crippen LogP contribution in [0.15, 0.2) is 256 Å². The van der Waals surface area contributed by atoms with Gasteiger partial charge >= 0.3 is 0 Å². The van der Waals surface area contributed by atoms with E-state index in [0.717, 1.165) is 113 Å². The molecule has 0 atom stereocenters. The Morgan fingerprint density at radius 1 is 0.368 bits per heavy atom. The summed E-state index contributed by atoms with van der Waals surface area (Å²) in [6.45, 7) is 33.2. The normalized spacial score (nSPS) is 10.6. The first-order chi connectivity index (χ1) is 56.2. The number of pyridine rings is 4. The standard InChI is InChI=1S/C17H18FN3.C17H21NO2.C16H20N2O.3C15H17ClN2O/c1-12(2)20-16-6-7-17-14(9-16)10-19-21(17)11-13-4-3-5-15(18)8-13;1-12(2)18-14-8-9-17(13(3)10-14)20-16-7-5-6-15(11-16)19-4;1-11(2)18-14-6-8-16(12(3)9-14)19-15-7-5-13(4)17-10-15;1-11(2)18-13-3-4-15(14(16)9-13)19-10-12-5-7-17-8-6-12;1-11(2)18-13-5-6-15(14(16)8-13)19-10-12-4-3-7-17-9-12;1-11(2)18-12-6-7-15(14(16)9-12)19-10-13-5-3-4-8-17-13/h3-10,12,20H,11H2,1-2H3;5-12,18H,1-4H3;5-11,18H,1-4H3;3*3-9,11,18H,10H2,1-2H3. The molecule has 8 aromatic carbocycles. The fraction of sp³-hybridized carbons (Fsp3) is 0.274. The van der Waals surface area contributed by atoms with Gasteiger partial charge < -0.3 is 60.3 Å². The van der Waals surface area contributed by atoms with Gasteiger partial charge in [-0.25, -0.2) is 4.39 Å². The number of anilines is 6. The summed E-state index contributed by atoms with van der Waals surface area (Å²) in [4.78, 5) is 16.4. The van der Waals surface area contributed by atoms with Crippen molar-refractivity contribution in [3.8, 4) is 46.0 Å². The van der Waals surface area contributed by atoms with Crippen LogP contribution in [-0.4, -0.2) is 73.1 Å². The van der Waals surface area contributed by atoms with Crippen LogP contribution in [0.4, 0.5) is 38.5 Å². The van der Waals surface area contributed by atoms with E-state index in [-0.39, 0.29) is 5.82 Å². The summed E-state index contributed by atoms with van der Waals surface area (Å²) >= 11 is 18.6. The van der Waals surface area contributed by atoms with E-state index in [0.29, 0.717) is 94.9 Å². The number of hydrogen-bond donors (Lipinski definition) is 6. The van der Waals surface area contributed by atoms with Crippen LogP contribution in [0.25, 0.3) is 10.9 Å². The molecular weight excluding hydrogens is 1530 g/mol. The first-order valence-corrected chi connectivity index (χ1v) is 40.2. The van der Waals surface area contributed by atoms with Gasteiger partial charge in [-0.1, -0.05) is 65.1 Å². The van der Waals surface area contributed by atoms with Crippen molar-refractivity contribution in [2.75, 3.05) is 39.0 Å². The lowest BCUT2D eigenvalue weighted by Crippen LogP contribution is -2.09. The molecule has 5 heterocycles. The molecule has 0 aliphatic carbocycles. The Bertz CT molecular complexity index is 4890. The Balaban J connectivity index is 0.000000175. The van der Waals surface area contributed by atoms with E-state index in [9.17, 15) is 4.39 Å². The minimum Gasteiger partial charge on any atom is -0.497 e. The number of methoxy groups -OCH3 is 1. The van der Waals surface area contributed by atoms with Gasteiger partial charge in [0.2, 0.25) is 0 Å². The van der Waals surface area contributed by atoms with Crippen molar-refractivity contribution in [2.24, 2.45) is 0 Å². The molecule has 18 nitrogen and oxygen atoms in total. The van der Waals surface area contributed by atoms with Gasteiger partial charge in [-0.3, -0.25) is 24.6 Å². The average molecular weight is 1640 g/mol. The minimum absolute atomic E-state index is 0.215. The number of ether oxygens (including phenoxy) is 6. The smallest absolute Gasteiger partial charge is 0.145 e. The van der Waals surface area contributed by atoms with Gasteiger partial charge in [-0.2, -0.15) is 5.10 Å². The molecule has 6 N–H and O–H groups in total. The van der Waals surface area contributed by atoms with Crippen molar-refractivity contribution < 1.29 is 32.8 Å². The second-order valence-electron chi connectivity index (χ2n) is 29.3. The number of fused-ring (bicyclic) bond motifs is 1. The lowest BCUT2D eigenvalue weighted by molar-refractivity contribution is 0.301. The molecule has 0 radical (unpaired) electrons. The first kappa shape index (κ1) is 90.8. The van der Waals surface area contributed by atoms with Crippen molar-refractivity contribution >= 4 is 79.8 Å². The molecule has 0 saturated heterocycles. The Morgan fingerprint density at radius 3 is 1.30 bits per heavy atom. The lowest BCUT2D eigenvalue weighted by atomic mass is 10.2. The van der Waals surface area contributed by atoms with Gasteiger partial charge in [0.1, 0.15) is 71.6 Å². The second kappa shape index (κ2) is 47.3. The Morgan fingerprint density at radius 2 is 0.838 bits per heavy atom. The van der Waals surface area contributed by atoms with Gasteiger partial charge in [-0.15, -0.1) is 0 Å². The molecule has 22 heteroatoms. The first-order valence-electron chi connectivity index (χ1n) is 39.1. The Kier molecular flexibility index (Phi) is 36.7. The fourth-order valence-electron chi connectivity index (χ4n) is 11.3. The minimum atomic E-state index is -0.215. The van der Waals surface area contributed by atoms with Crippen LogP contribution in [-0.2, 0) is 26.4 Å². The summed E-state index contributed by atoms with van der Waals surface area (Å²) in [7, 11) is 1.65. The predicted octanol–water partition coefficient (Wildman–Crippen LogP) is 25.4. The predicted molar refractivity (Wildman–Crippen MR) is 482 cm³/mol. The number of benzene rings is 8. The van der Waals surface area contributed by atoms with E-state index in [1.54, 1.807) is 56.4 Å². The molecule has 0 unspecified atom stereocenters. The second-order valence-corrected chi connectivity index (χ2v) is 30.5. The summed E-state index contributed by atoms with van der Waals surface area (Å²) in [5.74, 6) is 5.86. The third kappa shape index (κ3) is 32.8. The number of halogens is 4. The SMILES string of the molecule is CC(C)Nc1ccc(OCc2ccccn2)c(Cl)c1.CC(C)Nc1ccc(OCc2cccnc2)c(Cl)c1.CC(C)Nc1ccc(OCc2ccncc2)c(Cl)c1.CC(C)Nc1ccc2c(cnn2Cc2cccc(F)c2)c1.COc1cccc(Oc2ccc(NC(C)C)cc2C)c1.Cc1ccc(Oc2ccc(NC(C)C)cc2C)cn1. The summed E-state index contributed by atoms with van der Waals surface area (Å²) in [5, 5.41) is 27.3. The molecule has 13 aromatic rings. The van der Waals surface area contributed by atoms with E-state index >= 15 is 0 Å². The third-order valence-electron chi connectivity index (χ3n) is 16.5. The number of nitrogens with one attached hydrogen (secondary N) is 6. The van der Waals surface area contributed by atoms with Crippen LogP contribution in [0.3, 0.4) is 0 Å². The Hall–Kier alpha value is -11.8. The molecule has 614 valence electrons. The van der Waals surface area contributed by atoms with Gasteiger partial charge in [0.05, 0.1) is 52.3 Å². The highest BCUT2D eigenvalue weighted by atomic mass is 35.5. The van der Waals surface area contributed by atoms with Gasteiger partial charge in [0.15, 0.2) is 0 Å². The molecular formula is C95H110Cl3FN12O6. The summed E-state index contributed by atoms with van der Waals surface area (Å²) < 4.78 is 49.1. The molecule has 0 bridgehead atoms. The van der Waals surface area contributed by atoms with Crippen molar-refractivity contribution in [3.63, 3.8) is 0 Å². The monoisotopic (exact) mass is 1640 g/mol. The molecule has 5 aromatic heterocycles. The summed E-state index contributed by atoms with van der Waals surface area (Å²) in [5.41, 5.74) is 14.4. The number of aryl methyl sites for hydroxylation is 3. The highest BCUT2D eigenvalue weighted by Gasteiger charge is 2.13. The summed E-state index contributed by atoms with van der Waals surface area (Å²) in [6, 6.07) is 69.4. The highest BCUT2D eigenvalue weighted by molar-refractivity contribution is 6.33. The van der Waals surface area contributed by atoms with Crippen molar-refractivity contribution in [1.82, 2.24) is 29.7 Å². The summed E-state index contributed by atoms with van der Waals surface area (Å²) in [6.07, 6.45) is 12.3. The van der Waals surface area contributed by atoms with Gasteiger partial charge in [0, 0.05) is 124 Å². The fourth-order valence-corrected chi connectivity index (χ4v) is 12.0. The molecule has 0 saturated carbocycles. The third-order valence-corrected chi connectivity index (χ3v) is 17.4. The van der Waals surface area contributed by atoms with E-state index < -0.39 is 0 Å². The van der Waals surface area contributed by atoms with Crippen molar-refractivity contribution in [1.29, 1.82) is 0 Å². The highest BCUT2D eigenvalue weighted by Crippen LogP contribution is 2.34. The topological polar surface area (TPSA) is 197 Å². The molecule has 0 fully saturated rings. The van der Waals surface area contributed by atoms with Gasteiger partial charge in [-0.05, 0) is 302 Å². The average Bonchev–Trinajstić information content (AvgIpc) is 1.67. The zero-order chi connectivity index (χ0) is 84.2. The quantitative estimate of drug-likeness (QED) is 0.0271. The van der Waals surface area contributed by atoms with Crippen molar-refractivity contribution in [2.45, 2.75) is 166 Å². The molecule has 0 aliphatic heterocycles. The maximum Gasteiger partial charge on any atom is 0.145 e. The maximum atomic E-state index is 13.2. The zero-order valence-electron chi connectivity index (χ0n) is 69.7. The number of aromatic nitrogens is 6. The van der Waals surface area contributed by atoms with Crippen LogP contribution in [0.1, 0.15) is 122 Å². The van der Waals surface area contributed by atoms with Gasteiger partial charge in [0.25, 0.3) is 0 Å². The van der Waals surface area contributed by atoms with Crippen LogP contribution >= 0.6 is 34.8 Å². The van der Waals surface area contributed by atoms with E-state index in [2.05, 4.69) is 158 Å². The molecule has 0 amide bonds. The molecule has 0 aliphatic rings. The molecule has 117 heavy (non-hydrogen) atoms. The lowest BCUT2D eigenvalue weighted by Gasteiger charge is -2.14. The van der Waals surface area contributed by atoms with Crippen LogP contribution in [0.2, 0.25) is 15.1 Å². The van der Waals surface area contributed by atoms with Crippen LogP contribution in [0.5, 0.6) is 46.0 Å². The molecule has 13 rings (SSSR count). The van der Waals surface area contributed by atoms with E-state index in [1.165, 1.54) is 6.07 Å². The maximum absolute atomic E-state index is 13.2. The zero-order valence-corrected chi connectivity index (χ0v) is 72.0.